The average Bonchev–Trinajstić information content (AvgIpc) is 2.77. The quantitative estimate of drug-likeness (QED) is 0.615. The van der Waals surface area contributed by atoms with Crippen LogP contribution < -0.4 is 5.32 Å². The maximum atomic E-state index is 9.38. The van der Waals surface area contributed by atoms with Crippen LogP contribution >= 0.6 is 0 Å². The summed E-state index contributed by atoms with van der Waals surface area (Å²) in [5.41, 5.74) is 0.313. The Morgan fingerprint density at radius 2 is 2.25 bits per heavy atom. The van der Waals surface area contributed by atoms with E-state index in [2.05, 4.69) is 12.2 Å². The van der Waals surface area contributed by atoms with E-state index in [1.165, 1.54) is 12.8 Å². The monoisotopic (exact) mass is 173 g/mol. The van der Waals surface area contributed by atoms with Crippen LogP contribution in [0.15, 0.2) is 0 Å². The number of ether oxygens (including phenoxy) is 1. The van der Waals surface area contributed by atoms with Gasteiger partial charge in [-0.15, -0.1) is 0 Å². The molecule has 1 rings (SSSR count). The molecule has 0 spiro atoms. The fraction of sp³-hybridized carbons (Fsp3) is 1.00. The molecular formula is C9H19NO2. The summed E-state index contributed by atoms with van der Waals surface area (Å²) in [6.45, 7) is 5.88. The zero-order valence-electron chi connectivity index (χ0n) is 7.97. The second-order valence-electron chi connectivity index (χ2n) is 3.75. The van der Waals surface area contributed by atoms with Crippen LogP contribution in [-0.2, 0) is 4.74 Å². The SMILES string of the molecule is CCOCC(O)CNC1(C)CC1. The second kappa shape index (κ2) is 4.21. The zero-order chi connectivity index (χ0) is 9.03. The van der Waals surface area contributed by atoms with E-state index in [-0.39, 0.29) is 6.10 Å². The molecule has 1 aliphatic carbocycles. The molecule has 0 amide bonds. The van der Waals surface area contributed by atoms with Crippen molar-refractivity contribution in [3.05, 3.63) is 0 Å². The third kappa shape index (κ3) is 3.52. The van der Waals surface area contributed by atoms with Crippen molar-refractivity contribution >= 4 is 0 Å². The molecule has 0 aromatic heterocycles. The van der Waals surface area contributed by atoms with Crippen molar-refractivity contribution in [2.75, 3.05) is 19.8 Å². The smallest absolute Gasteiger partial charge is 0.0897 e. The minimum absolute atomic E-state index is 0.313. The van der Waals surface area contributed by atoms with Crippen LogP contribution in [0.3, 0.4) is 0 Å². The zero-order valence-corrected chi connectivity index (χ0v) is 7.97. The maximum Gasteiger partial charge on any atom is 0.0897 e. The fourth-order valence-corrected chi connectivity index (χ4v) is 1.04. The first-order valence-electron chi connectivity index (χ1n) is 4.67. The van der Waals surface area contributed by atoms with Gasteiger partial charge >= 0.3 is 0 Å². The van der Waals surface area contributed by atoms with Crippen molar-refractivity contribution in [2.24, 2.45) is 0 Å². The summed E-state index contributed by atoms with van der Waals surface area (Å²) >= 11 is 0. The largest absolute Gasteiger partial charge is 0.389 e. The Kier molecular flexibility index (Phi) is 3.50. The summed E-state index contributed by atoms with van der Waals surface area (Å²) in [5.74, 6) is 0. The lowest BCUT2D eigenvalue weighted by molar-refractivity contribution is 0.0412. The fourth-order valence-electron chi connectivity index (χ4n) is 1.04. The molecule has 72 valence electrons. The standard InChI is InChI=1S/C9H19NO2/c1-3-12-7-8(11)6-10-9(2)4-5-9/h8,10-11H,3-7H2,1-2H3. The predicted molar refractivity (Wildman–Crippen MR) is 48.1 cm³/mol. The van der Waals surface area contributed by atoms with Gasteiger partial charge in [0.05, 0.1) is 12.7 Å². The van der Waals surface area contributed by atoms with E-state index < -0.39 is 0 Å². The molecule has 2 N–H and O–H groups in total. The second-order valence-corrected chi connectivity index (χ2v) is 3.75. The van der Waals surface area contributed by atoms with E-state index in [1.54, 1.807) is 0 Å². The molecular weight excluding hydrogens is 154 g/mol. The molecule has 0 radical (unpaired) electrons. The van der Waals surface area contributed by atoms with Crippen molar-refractivity contribution in [2.45, 2.75) is 38.3 Å². The van der Waals surface area contributed by atoms with E-state index in [1.807, 2.05) is 6.92 Å². The van der Waals surface area contributed by atoms with Gasteiger partial charge in [-0.1, -0.05) is 0 Å². The van der Waals surface area contributed by atoms with Crippen LogP contribution in [0.5, 0.6) is 0 Å². The third-order valence-electron chi connectivity index (χ3n) is 2.28. The van der Waals surface area contributed by atoms with E-state index in [0.29, 0.717) is 25.3 Å². The van der Waals surface area contributed by atoms with E-state index >= 15 is 0 Å². The molecule has 12 heavy (non-hydrogen) atoms. The Labute approximate surface area is 74.1 Å². The molecule has 0 aromatic rings. The summed E-state index contributed by atoms with van der Waals surface area (Å²) in [7, 11) is 0. The average molecular weight is 173 g/mol. The van der Waals surface area contributed by atoms with Crippen molar-refractivity contribution < 1.29 is 9.84 Å². The predicted octanol–water partition coefficient (Wildman–Crippen LogP) is 0.526. The van der Waals surface area contributed by atoms with E-state index in [0.717, 1.165) is 0 Å². The number of aliphatic hydroxyl groups excluding tert-OH is 1. The molecule has 0 aromatic carbocycles. The van der Waals surface area contributed by atoms with Crippen LogP contribution in [0.1, 0.15) is 26.7 Å². The Morgan fingerprint density at radius 1 is 1.58 bits per heavy atom. The first kappa shape index (κ1) is 9.96. The highest BCUT2D eigenvalue weighted by molar-refractivity contribution is 4.97. The van der Waals surface area contributed by atoms with Gasteiger partial charge in [0.2, 0.25) is 0 Å². The first-order valence-corrected chi connectivity index (χ1v) is 4.67. The lowest BCUT2D eigenvalue weighted by Gasteiger charge is -2.15. The lowest BCUT2D eigenvalue weighted by Crippen LogP contribution is -2.37. The summed E-state index contributed by atoms with van der Waals surface area (Å²) in [6, 6.07) is 0. The molecule has 3 heteroatoms. The van der Waals surface area contributed by atoms with Crippen LogP contribution in [0, 0.1) is 0 Å². The Bertz CT molecular complexity index is 134. The summed E-state index contributed by atoms with van der Waals surface area (Å²) < 4.78 is 5.09. The number of hydrogen-bond donors (Lipinski definition) is 2. The molecule has 1 saturated carbocycles. The summed E-state index contributed by atoms with van der Waals surface area (Å²) in [6.07, 6.45) is 2.10. The molecule has 0 bridgehead atoms. The van der Waals surface area contributed by atoms with Gasteiger partial charge in [-0.05, 0) is 26.7 Å². The van der Waals surface area contributed by atoms with Gasteiger partial charge in [-0.2, -0.15) is 0 Å². The highest BCUT2D eigenvalue weighted by Gasteiger charge is 2.36. The van der Waals surface area contributed by atoms with Crippen LogP contribution in [-0.4, -0.2) is 36.5 Å². The van der Waals surface area contributed by atoms with Gasteiger partial charge in [-0.3, -0.25) is 0 Å². The van der Waals surface area contributed by atoms with E-state index in [9.17, 15) is 5.11 Å². The van der Waals surface area contributed by atoms with Crippen molar-refractivity contribution in [3.63, 3.8) is 0 Å². The van der Waals surface area contributed by atoms with Crippen molar-refractivity contribution in [1.29, 1.82) is 0 Å². The van der Waals surface area contributed by atoms with Crippen molar-refractivity contribution in [3.8, 4) is 0 Å². The Hall–Kier alpha value is -0.120. The van der Waals surface area contributed by atoms with Gasteiger partial charge in [0, 0.05) is 18.7 Å². The van der Waals surface area contributed by atoms with Crippen LogP contribution in [0.25, 0.3) is 0 Å². The maximum absolute atomic E-state index is 9.38. The summed E-state index contributed by atoms with van der Waals surface area (Å²) in [5, 5.41) is 12.7. The number of aliphatic hydroxyl groups is 1. The van der Waals surface area contributed by atoms with Crippen molar-refractivity contribution in [1.82, 2.24) is 5.32 Å². The van der Waals surface area contributed by atoms with Gasteiger partial charge in [0.25, 0.3) is 0 Å². The van der Waals surface area contributed by atoms with Crippen LogP contribution in [0.4, 0.5) is 0 Å². The third-order valence-corrected chi connectivity index (χ3v) is 2.28. The Balaban J connectivity index is 1.98. The number of nitrogens with one attached hydrogen (secondary N) is 1. The van der Waals surface area contributed by atoms with Gasteiger partial charge in [-0.25, -0.2) is 0 Å². The number of rotatable bonds is 6. The number of β-amino-alcohol motifs (C(OH)–C–C–N with tert-alkyl or cyclic N) is 1. The molecule has 0 aliphatic heterocycles. The lowest BCUT2D eigenvalue weighted by atomic mass is 10.3. The minimum Gasteiger partial charge on any atom is -0.389 e. The molecule has 3 nitrogen and oxygen atoms in total. The first-order chi connectivity index (χ1) is 5.66. The molecule has 0 saturated heterocycles. The topological polar surface area (TPSA) is 41.5 Å². The Morgan fingerprint density at radius 3 is 2.75 bits per heavy atom. The molecule has 1 fully saturated rings. The van der Waals surface area contributed by atoms with Crippen LogP contribution in [0.2, 0.25) is 0 Å². The van der Waals surface area contributed by atoms with Gasteiger partial charge in [0.15, 0.2) is 0 Å². The summed E-state index contributed by atoms with van der Waals surface area (Å²) in [4.78, 5) is 0. The minimum atomic E-state index is -0.359. The molecule has 1 unspecified atom stereocenters. The molecule has 1 atom stereocenters. The molecule has 1 aliphatic rings. The normalized spacial score (nSPS) is 22.2. The molecule has 0 heterocycles. The highest BCUT2D eigenvalue weighted by Crippen LogP contribution is 2.33. The van der Waals surface area contributed by atoms with E-state index in [4.69, 9.17) is 4.74 Å². The van der Waals surface area contributed by atoms with Gasteiger partial charge < -0.3 is 15.2 Å². The number of hydrogen-bond acceptors (Lipinski definition) is 3. The highest BCUT2D eigenvalue weighted by atomic mass is 16.5. The van der Waals surface area contributed by atoms with Gasteiger partial charge in [0.1, 0.15) is 0 Å².